The number of benzene rings is 3. The summed E-state index contributed by atoms with van der Waals surface area (Å²) in [7, 11) is 3.20. The van der Waals surface area contributed by atoms with Crippen molar-refractivity contribution in [2.75, 3.05) is 19.5 Å². The number of aryl methyl sites for hydroxylation is 1. The molecule has 1 aromatic heterocycles. The van der Waals surface area contributed by atoms with Crippen molar-refractivity contribution < 1.29 is 23.4 Å². The molecule has 0 saturated heterocycles. The number of rotatable bonds is 10. The van der Waals surface area contributed by atoms with Crippen LogP contribution in [0.5, 0.6) is 23.1 Å². The first-order valence-electron chi connectivity index (χ1n) is 11.6. The molecule has 0 aliphatic heterocycles. The van der Waals surface area contributed by atoms with Crippen LogP contribution in [0.4, 0.5) is 10.1 Å². The lowest BCUT2D eigenvalue weighted by molar-refractivity contribution is -0.116. The fraction of sp³-hybridized carbons (Fsp3) is 0.214. The number of ether oxygens (including phenoxy) is 3. The van der Waals surface area contributed by atoms with Crippen molar-refractivity contribution in [3.05, 3.63) is 89.9 Å². The first-order chi connectivity index (χ1) is 17.5. The van der Waals surface area contributed by atoms with Gasteiger partial charge in [-0.2, -0.15) is 5.10 Å². The predicted octanol–water partition coefficient (Wildman–Crippen LogP) is 5.95. The molecule has 0 radical (unpaired) electrons. The van der Waals surface area contributed by atoms with E-state index in [0.29, 0.717) is 30.2 Å². The van der Waals surface area contributed by atoms with E-state index in [9.17, 15) is 9.18 Å². The third-order valence-electron chi connectivity index (χ3n) is 5.68. The zero-order chi connectivity index (χ0) is 25.5. The predicted molar refractivity (Wildman–Crippen MR) is 136 cm³/mol. The van der Waals surface area contributed by atoms with Gasteiger partial charge in [-0.05, 0) is 61.4 Å². The van der Waals surface area contributed by atoms with Crippen LogP contribution in [0, 0.1) is 5.82 Å². The number of amides is 1. The van der Waals surface area contributed by atoms with Crippen LogP contribution in [0.1, 0.15) is 24.6 Å². The topological polar surface area (TPSA) is 74.6 Å². The lowest BCUT2D eigenvalue weighted by Crippen LogP contribution is -2.13. The summed E-state index contributed by atoms with van der Waals surface area (Å²) in [5.41, 5.74) is 2.55. The summed E-state index contributed by atoms with van der Waals surface area (Å²) in [6.07, 6.45) is 1.13. The second kappa shape index (κ2) is 11.4. The van der Waals surface area contributed by atoms with Crippen molar-refractivity contribution in [3.8, 4) is 28.8 Å². The summed E-state index contributed by atoms with van der Waals surface area (Å²) in [5, 5.41) is 7.44. The fourth-order valence-electron chi connectivity index (χ4n) is 3.81. The molecule has 8 heteroatoms. The summed E-state index contributed by atoms with van der Waals surface area (Å²) in [5.74, 6) is 1.68. The molecule has 0 saturated carbocycles. The third kappa shape index (κ3) is 5.66. The van der Waals surface area contributed by atoms with E-state index in [1.54, 1.807) is 37.1 Å². The van der Waals surface area contributed by atoms with E-state index in [1.807, 2.05) is 49.4 Å². The van der Waals surface area contributed by atoms with Crippen molar-refractivity contribution in [2.45, 2.75) is 26.2 Å². The van der Waals surface area contributed by atoms with E-state index < -0.39 is 5.82 Å². The average molecular weight is 490 g/mol. The molecule has 186 valence electrons. The zero-order valence-electron chi connectivity index (χ0n) is 20.5. The number of hydrogen-bond acceptors (Lipinski definition) is 5. The molecule has 0 spiro atoms. The van der Waals surface area contributed by atoms with Gasteiger partial charge in [0, 0.05) is 18.1 Å². The van der Waals surface area contributed by atoms with Crippen LogP contribution < -0.4 is 19.5 Å². The molecule has 1 heterocycles. The number of carbonyl (C=O) groups is 1. The van der Waals surface area contributed by atoms with Crippen molar-refractivity contribution in [1.82, 2.24) is 9.78 Å². The highest BCUT2D eigenvalue weighted by Crippen LogP contribution is 2.34. The second-order valence-electron chi connectivity index (χ2n) is 8.00. The minimum absolute atomic E-state index is 0.129. The number of hydrogen-bond donors (Lipinski definition) is 1. The van der Waals surface area contributed by atoms with E-state index in [1.165, 1.54) is 12.1 Å². The van der Waals surface area contributed by atoms with Gasteiger partial charge in [0.25, 0.3) is 0 Å². The van der Waals surface area contributed by atoms with Gasteiger partial charge in [-0.15, -0.1) is 0 Å². The smallest absolute Gasteiger partial charge is 0.226 e. The molecule has 0 atom stereocenters. The fourth-order valence-corrected chi connectivity index (χ4v) is 3.81. The van der Waals surface area contributed by atoms with Crippen molar-refractivity contribution in [3.63, 3.8) is 0 Å². The van der Waals surface area contributed by atoms with Gasteiger partial charge in [-0.25, -0.2) is 9.07 Å². The van der Waals surface area contributed by atoms with Crippen LogP contribution in [-0.4, -0.2) is 29.9 Å². The van der Waals surface area contributed by atoms with Crippen LogP contribution in [0.2, 0.25) is 0 Å². The van der Waals surface area contributed by atoms with Crippen LogP contribution in [-0.2, 0) is 17.6 Å². The SMILES string of the molecule is CCc1nn(-c2ccc(OC)cc2)c(Oc2cccc(OC)c2)c1CCC(=O)Nc1ccccc1F. The van der Waals surface area contributed by atoms with Crippen LogP contribution in [0.3, 0.4) is 0 Å². The van der Waals surface area contributed by atoms with Gasteiger partial charge in [-0.1, -0.05) is 25.1 Å². The molecule has 36 heavy (non-hydrogen) atoms. The van der Waals surface area contributed by atoms with Gasteiger partial charge in [0.2, 0.25) is 11.8 Å². The molecule has 0 bridgehead atoms. The van der Waals surface area contributed by atoms with Crippen LogP contribution in [0.15, 0.2) is 72.8 Å². The molecule has 4 aromatic rings. The largest absolute Gasteiger partial charge is 0.497 e. The summed E-state index contributed by atoms with van der Waals surface area (Å²) in [4.78, 5) is 12.7. The minimum atomic E-state index is -0.477. The maximum atomic E-state index is 14.0. The quantitative estimate of drug-likeness (QED) is 0.298. The van der Waals surface area contributed by atoms with Gasteiger partial charge < -0.3 is 19.5 Å². The van der Waals surface area contributed by atoms with Crippen LogP contribution in [0.25, 0.3) is 5.69 Å². The molecule has 1 N–H and O–H groups in total. The number of nitrogens with zero attached hydrogens (tertiary/aromatic N) is 2. The first-order valence-corrected chi connectivity index (χ1v) is 11.6. The van der Waals surface area contributed by atoms with E-state index in [0.717, 1.165) is 22.7 Å². The Morgan fingerprint density at radius 3 is 2.36 bits per heavy atom. The molecule has 4 rings (SSSR count). The summed E-state index contributed by atoms with van der Waals surface area (Å²) in [6, 6.07) is 20.8. The molecular weight excluding hydrogens is 461 g/mol. The minimum Gasteiger partial charge on any atom is -0.497 e. The molecule has 0 aliphatic carbocycles. The first kappa shape index (κ1) is 24.8. The van der Waals surface area contributed by atoms with Gasteiger partial charge in [0.15, 0.2) is 0 Å². The highest BCUT2D eigenvalue weighted by atomic mass is 19.1. The van der Waals surface area contributed by atoms with E-state index in [-0.39, 0.29) is 18.0 Å². The van der Waals surface area contributed by atoms with Crippen molar-refractivity contribution >= 4 is 11.6 Å². The molecule has 7 nitrogen and oxygen atoms in total. The number of anilines is 1. The number of para-hydroxylation sites is 1. The van der Waals surface area contributed by atoms with Gasteiger partial charge in [-0.3, -0.25) is 4.79 Å². The Bertz CT molecular complexity index is 1340. The van der Waals surface area contributed by atoms with Gasteiger partial charge >= 0.3 is 0 Å². The lowest BCUT2D eigenvalue weighted by Gasteiger charge is -2.13. The zero-order valence-corrected chi connectivity index (χ0v) is 20.5. The van der Waals surface area contributed by atoms with Crippen LogP contribution >= 0.6 is 0 Å². The number of carbonyl (C=O) groups excluding carboxylic acids is 1. The standard InChI is InChI=1S/C28H28FN3O4/c1-4-25-23(16-17-27(33)30-26-11-6-5-10-24(26)29)28(36-22-9-7-8-21(18-22)35-3)32(31-25)19-12-14-20(34-2)15-13-19/h5-15,18H,4,16-17H2,1-3H3,(H,30,33). The highest BCUT2D eigenvalue weighted by Gasteiger charge is 2.22. The Kier molecular flexibility index (Phi) is 7.85. The van der Waals surface area contributed by atoms with Gasteiger partial charge in [0.1, 0.15) is 23.1 Å². The van der Waals surface area contributed by atoms with Crippen molar-refractivity contribution in [2.24, 2.45) is 0 Å². The highest BCUT2D eigenvalue weighted by molar-refractivity contribution is 5.91. The Morgan fingerprint density at radius 2 is 1.67 bits per heavy atom. The monoisotopic (exact) mass is 489 g/mol. The molecule has 0 aliphatic rings. The number of methoxy groups -OCH3 is 2. The summed E-state index contributed by atoms with van der Waals surface area (Å²) >= 11 is 0. The Labute approximate surface area is 209 Å². The number of aromatic nitrogens is 2. The summed E-state index contributed by atoms with van der Waals surface area (Å²) < 4.78 is 32.7. The number of nitrogens with one attached hydrogen (secondary N) is 1. The molecule has 0 unspecified atom stereocenters. The summed E-state index contributed by atoms with van der Waals surface area (Å²) in [6.45, 7) is 2.00. The average Bonchev–Trinajstić information content (AvgIpc) is 3.26. The van der Waals surface area contributed by atoms with Gasteiger partial charge in [0.05, 0.1) is 31.3 Å². The van der Waals surface area contributed by atoms with E-state index >= 15 is 0 Å². The lowest BCUT2D eigenvalue weighted by atomic mass is 10.1. The van der Waals surface area contributed by atoms with Crippen molar-refractivity contribution in [1.29, 1.82) is 0 Å². The third-order valence-corrected chi connectivity index (χ3v) is 5.68. The maximum Gasteiger partial charge on any atom is 0.226 e. The van der Waals surface area contributed by atoms with E-state index in [4.69, 9.17) is 19.3 Å². The Hall–Kier alpha value is -4.33. The molecule has 0 fully saturated rings. The normalized spacial score (nSPS) is 10.7. The number of halogens is 1. The van der Waals surface area contributed by atoms with E-state index in [2.05, 4.69) is 5.32 Å². The maximum absolute atomic E-state index is 14.0. The second-order valence-corrected chi connectivity index (χ2v) is 8.00. The molecular formula is C28H28FN3O4. The Morgan fingerprint density at radius 1 is 0.944 bits per heavy atom. The molecule has 3 aromatic carbocycles. The molecule has 1 amide bonds. The Balaban J connectivity index is 1.67.